The summed E-state index contributed by atoms with van der Waals surface area (Å²) in [5.74, 6) is -0.827. The van der Waals surface area contributed by atoms with Crippen molar-refractivity contribution in [1.29, 1.82) is 0 Å². The number of aromatic nitrogens is 1. The van der Waals surface area contributed by atoms with E-state index in [9.17, 15) is 9.90 Å². The lowest BCUT2D eigenvalue weighted by Crippen LogP contribution is -2.32. The first-order valence-corrected chi connectivity index (χ1v) is 7.84. The fraction of sp³-hybridized carbons (Fsp3) is 0.500. The molecule has 0 saturated heterocycles. The van der Waals surface area contributed by atoms with Crippen LogP contribution in [-0.4, -0.2) is 16.1 Å². The molecule has 0 spiro atoms. The Morgan fingerprint density at radius 3 is 2.85 bits per heavy atom. The van der Waals surface area contributed by atoms with Gasteiger partial charge < -0.3 is 5.11 Å². The Hall–Kier alpha value is -1.42. The van der Waals surface area contributed by atoms with Gasteiger partial charge in [0.05, 0.1) is 11.6 Å². The zero-order valence-corrected chi connectivity index (χ0v) is 12.8. The number of carboxylic acids is 1. The monoisotopic (exact) mass is 289 g/mol. The molecule has 0 bridgehead atoms. The number of thiophene rings is 1. The van der Waals surface area contributed by atoms with E-state index in [1.54, 1.807) is 11.3 Å². The molecule has 1 aliphatic carbocycles. The van der Waals surface area contributed by atoms with Crippen molar-refractivity contribution in [1.82, 2.24) is 4.98 Å². The Labute approximate surface area is 122 Å². The molecule has 2 unspecified atom stereocenters. The first kappa shape index (κ1) is 13.6. The summed E-state index contributed by atoms with van der Waals surface area (Å²) in [4.78, 5) is 17.2. The third-order valence-electron chi connectivity index (χ3n) is 4.39. The Morgan fingerprint density at radius 2 is 2.20 bits per heavy atom. The summed E-state index contributed by atoms with van der Waals surface area (Å²) >= 11 is 1.58. The fourth-order valence-corrected chi connectivity index (χ4v) is 3.80. The molecule has 3 rings (SSSR count). The van der Waals surface area contributed by atoms with Crippen LogP contribution in [0.1, 0.15) is 44.4 Å². The minimum atomic E-state index is -0.747. The van der Waals surface area contributed by atoms with Crippen LogP contribution in [-0.2, 0) is 11.2 Å². The lowest BCUT2D eigenvalue weighted by atomic mass is 9.68. The van der Waals surface area contributed by atoms with Crippen LogP contribution >= 0.6 is 11.3 Å². The molecule has 0 saturated carbocycles. The Kier molecular flexibility index (Phi) is 3.09. The number of rotatable bonds is 1. The second kappa shape index (κ2) is 4.55. The maximum atomic E-state index is 11.6. The summed E-state index contributed by atoms with van der Waals surface area (Å²) in [7, 11) is 0. The maximum absolute atomic E-state index is 11.6. The Balaban J connectivity index is 2.13. The van der Waals surface area contributed by atoms with Crippen molar-refractivity contribution >= 4 is 27.5 Å². The molecule has 2 aromatic heterocycles. The predicted molar refractivity (Wildman–Crippen MR) is 81.3 cm³/mol. The molecule has 2 heterocycles. The minimum Gasteiger partial charge on any atom is -0.481 e. The number of pyridine rings is 1. The number of hydrogen-bond acceptors (Lipinski definition) is 3. The van der Waals surface area contributed by atoms with E-state index in [2.05, 4.69) is 37.9 Å². The topological polar surface area (TPSA) is 50.2 Å². The largest absolute Gasteiger partial charge is 0.481 e. The molecule has 0 amide bonds. The predicted octanol–water partition coefficient (Wildman–Crippen LogP) is 4.07. The van der Waals surface area contributed by atoms with E-state index < -0.39 is 11.9 Å². The summed E-state index contributed by atoms with van der Waals surface area (Å²) in [5, 5.41) is 12.7. The molecular formula is C16H19NO2S. The molecule has 1 aliphatic rings. The van der Waals surface area contributed by atoms with E-state index in [0.717, 1.165) is 27.9 Å². The summed E-state index contributed by atoms with van der Waals surface area (Å²) in [6, 6.07) is 4.20. The molecule has 0 fully saturated rings. The molecule has 0 radical (unpaired) electrons. The van der Waals surface area contributed by atoms with Crippen LogP contribution in [0.4, 0.5) is 0 Å². The fourth-order valence-electron chi connectivity index (χ4n) is 3.04. The van der Waals surface area contributed by atoms with Gasteiger partial charge in [0.25, 0.3) is 0 Å². The first-order valence-electron chi connectivity index (χ1n) is 6.96. The van der Waals surface area contributed by atoms with E-state index in [1.165, 1.54) is 0 Å². The molecule has 106 valence electrons. The zero-order chi connectivity index (χ0) is 14.5. The zero-order valence-electron chi connectivity index (χ0n) is 12.0. The van der Waals surface area contributed by atoms with Gasteiger partial charge in [-0.2, -0.15) is 0 Å². The van der Waals surface area contributed by atoms with Crippen molar-refractivity contribution in [2.75, 3.05) is 0 Å². The Morgan fingerprint density at radius 1 is 1.45 bits per heavy atom. The molecule has 3 nitrogen and oxygen atoms in total. The molecule has 0 aliphatic heterocycles. The number of nitrogens with zero attached hydrogens (tertiary/aromatic N) is 1. The van der Waals surface area contributed by atoms with Crippen molar-refractivity contribution in [3.05, 3.63) is 28.8 Å². The van der Waals surface area contributed by atoms with Crippen LogP contribution in [0.15, 0.2) is 17.5 Å². The van der Waals surface area contributed by atoms with Gasteiger partial charge >= 0.3 is 5.97 Å². The highest BCUT2D eigenvalue weighted by Gasteiger charge is 2.38. The second-order valence-electron chi connectivity index (χ2n) is 6.74. The summed E-state index contributed by atoms with van der Waals surface area (Å²) in [6.45, 7) is 6.58. The van der Waals surface area contributed by atoms with Crippen LogP contribution in [0.3, 0.4) is 0 Å². The van der Waals surface area contributed by atoms with E-state index in [1.807, 2.05) is 5.38 Å². The molecule has 20 heavy (non-hydrogen) atoms. The second-order valence-corrected chi connectivity index (χ2v) is 7.64. The minimum absolute atomic E-state index is 0.120. The van der Waals surface area contributed by atoms with Gasteiger partial charge in [-0.05, 0) is 47.3 Å². The molecule has 2 atom stereocenters. The van der Waals surface area contributed by atoms with Gasteiger partial charge in [0.1, 0.15) is 4.83 Å². The van der Waals surface area contributed by atoms with E-state index in [-0.39, 0.29) is 5.41 Å². The van der Waals surface area contributed by atoms with Gasteiger partial charge in [0.2, 0.25) is 0 Å². The average molecular weight is 289 g/mol. The first-order chi connectivity index (χ1) is 9.36. The van der Waals surface area contributed by atoms with E-state index >= 15 is 0 Å². The normalized spacial score (nSPS) is 22.8. The smallest absolute Gasteiger partial charge is 0.312 e. The number of carbonyl (C=O) groups is 1. The van der Waals surface area contributed by atoms with Gasteiger partial charge in [0, 0.05) is 5.39 Å². The molecule has 4 heteroatoms. The van der Waals surface area contributed by atoms with Gasteiger partial charge in [-0.15, -0.1) is 11.3 Å². The van der Waals surface area contributed by atoms with Crippen molar-refractivity contribution in [3.8, 4) is 0 Å². The number of carboxylic acid groups (broad SMARTS) is 1. The molecular weight excluding hydrogens is 270 g/mol. The molecule has 1 N–H and O–H groups in total. The summed E-state index contributed by atoms with van der Waals surface area (Å²) < 4.78 is 0. The van der Waals surface area contributed by atoms with Crippen LogP contribution in [0.5, 0.6) is 0 Å². The van der Waals surface area contributed by atoms with Crippen LogP contribution < -0.4 is 0 Å². The SMILES string of the molecule is CC(C)(C)C1Cc2cc3ccsc3nc2C(C(=O)O)C1. The number of fused-ring (bicyclic) bond motifs is 2. The quantitative estimate of drug-likeness (QED) is 0.860. The Bertz CT molecular complexity index is 669. The summed E-state index contributed by atoms with van der Waals surface area (Å²) in [6.07, 6.45) is 1.62. The van der Waals surface area contributed by atoms with Gasteiger partial charge in [-0.1, -0.05) is 20.8 Å². The number of aliphatic carboxylic acids is 1. The lowest BCUT2D eigenvalue weighted by molar-refractivity contribution is -0.139. The van der Waals surface area contributed by atoms with Crippen LogP contribution in [0.25, 0.3) is 10.2 Å². The van der Waals surface area contributed by atoms with Crippen molar-refractivity contribution in [2.45, 2.75) is 39.5 Å². The average Bonchev–Trinajstić information content (AvgIpc) is 2.80. The molecule has 2 aromatic rings. The van der Waals surface area contributed by atoms with Gasteiger partial charge in [-0.3, -0.25) is 4.79 Å². The standard InChI is InChI=1S/C16H19NO2S/c1-16(2,3)11-7-10-6-9-4-5-20-14(9)17-13(10)12(8-11)15(18)19/h4-6,11-12H,7-8H2,1-3H3,(H,18,19). The van der Waals surface area contributed by atoms with E-state index in [4.69, 9.17) is 0 Å². The summed E-state index contributed by atoms with van der Waals surface area (Å²) in [5.41, 5.74) is 2.03. The molecule has 0 aromatic carbocycles. The lowest BCUT2D eigenvalue weighted by Gasteiger charge is -2.37. The van der Waals surface area contributed by atoms with Crippen LogP contribution in [0.2, 0.25) is 0 Å². The third kappa shape index (κ3) is 2.22. The van der Waals surface area contributed by atoms with Gasteiger partial charge in [0.15, 0.2) is 0 Å². The third-order valence-corrected chi connectivity index (χ3v) is 5.22. The number of hydrogen-bond donors (Lipinski definition) is 1. The highest BCUT2D eigenvalue weighted by Crippen LogP contribution is 2.43. The van der Waals surface area contributed by atoms with E-state index in [0.29, 0.717) is 12.3 Å². The highest BCUT2D eigenvalue weighted by atomic mass is 32.1. The maximum Gasteiger partial charge on any atom is 0.312 e. The van der Waals surface area contributed by atoms with Crippen LogP contribution in [0, 0.1) is 11.3 Å². The highest BCUT2D eigenvalue weighted by molar-refractivity contribution is 7.16. The van der Waals surface area contributed by atoms with Crippen molar-refractivity contribution in [2.24, 2.45) is 11.3 Å². The van der Waals surface area contributed by atoms with Crippen molar-refractivity contribution < 1.29 is 9.90 Å². The van der Waals surface area contributed by atoms with Crippen molar-refractivity contribution in [3.63, 3.8) is 0 Å². The van der Waals surface area contributed by atoms with Gasteiger partial charge in [-0.25, -0.2) is 4.98 Å².